The van der Waals surface area contributed by atoms with Crippen molar-refractivity contribution in [2.45, 2.75) is 59.0 Å². The average molecular weight is 220 g/mol. The molecule has 0 spiro atoms. The molecule has 0 atom stereocenters. The Bertz CT molecular complexity index is 291. The summed E-state index contributed by atoms with van der Waals surface area (Å²) in [6, 6.07) is 4.77. The maximum absolute atomic E-state index is 4.41. The molecule has 0 bridgehead atoms. The monoisotopic (exact) mass is 220 g/mol. The van der Waals surface area contributed by atoms with Crippen molar-refractivity contribution in [1.82, 2.24) is 10.3 Å². The molecule has 0 saturated heterocycles. The van der Waals surface area contributed by atoms with Gasteiger partial charge in [-0.05, 0) is 31.4 Å². The Kier molecular flexibility index (Phi) is 6.09. The predicted molar refractivity (Wildman–Crippen MR) is 69.4 cm³/mol. The van der Waals surface area contributed by atoms with Crippen molar-refractivity contribution in [3.63, 3.8) is 0 Å². The van der Waals surface area contributed by atoms with E-state index in [1.54, 1.807) is 0 Å². The van der Waals surface area contributed by atoms with Crippen LogP contribution in [0.3, 0.4) is 0 Å². The van der Waals surface area contributed by atoms with E-state index < -0.39 is 0 Å². The van der Waals surface area contributed by atoms with Gasteiger partial charge in [0.2, 0.25) is 0 Å². The number of nitrogens with zero attached hydrogens (tertiary/aromatic N) is 1. The molecule has 1 N–H and O–H groups in total. The van der Waals surface area contributed by atoms with E-state index in [0.717, 1.165) is 6.54 Å². The topological polar surface area (TPSA) is 24.9 Å². The first kappa shape index (κ1) is 13.2. The molecule has 2 nitrogen and oxygen atoms in total. The van der Waals surface area contributed by atoms with Crippen LogP contribution in [0.2, 0.25) is 0 Å². The van der Waals surface area contributed by atoms with Gasteiger partial charge in [-0.15, -0.1) is 0 Å². The van der Waals surface area contributed by atoms with Crippen molar-refractivity contribution < 1.29 is 0 Å². The summed E-state index contributed by atoms with van der Waals surface area (Å²) in [7, 11) is 0. The lowest BCUT2D eigenvalue weighted by Gasteiger charge is -2.17. The minimum atomic E-state index is 0.649. The van der Waals surface area contributed by atoms with Crippen LogP contribution in [0.5, 0.6) is 0 Å². The van der Waals surface area contributed by atoms with Crippen molar-refractivity contribution in [3.8, 4) is 0 Å². The van der Waals surface area contributed by atoms with Crippen LogP contribution >= 0.6 is 0 Å². The Balaban J connectivity index is 2.45. The minimum Gasteiger partial charge on any atom is -0.308 e. The third-order valence-electron chi connectivity index (χ3n) is 2.95. The molecule has 0 aliphatic carbocycles. The standard InChI is InChI=1S/C14H24N2/c1-4-7-13(8-5-2)16-11-14-12(3)9-6-10-15-14/h6,9-10,13,16H,4-5,7-8,11H2,1-3H3. The van der Waals surface area contributed by atoms with Crippen LogP contribution in [0.1, 0.15) is 50.8 Å². The summed E-state index contributed by atoms with van der Waals surface area (Å²) in [5.41, 5.74) is 2.46. The number of aromatic nitrogens is 1. The van der Waals surface area contributed by atoms with Gasteiger partial charge in [0.15, 0.2) is 0 Å². The third-order valence-corrected chi connectivity index (χ3v) is 2.95. The Labute approximate surface area is 99.5 Å². The fraction of sp³-hybridized carbons (Fsp3) is 0.643. The van der Waals surface area contributed by atoms with Gasteiger partial charge < -0.3 is 5.32 Å². The Morgan fingerprint density at radius 1 is 1.25 bits per heavy atom. The summed E-state index contributed by atoms with van der Waals surface area (Å²) >= 11 is 0. The fourth-order valence-electron chi connectivity index (χ4n) is 1.99. The van der Waals surface area contributed by atoms with E-state index in [-0.39, 0.29) is 0 Å². The molecule has 0 radical (unpaired) electrons. The van der Waals surface area contributed by atoms with Gasteiger partial charge in [0.1, 0.15) is 0 Å². The van der Waals surface area contributed by atoms with Crippen molar-refractivity contribution in [3.05, 3.63) is 29.6 Å². The zero-order valence-corrected chi connectivity index (χ0v) is 10.8. The van der Waals surface area contributed by atoms with Gasteiger partial charge >= 0.3 is 0 Å². The second-order valence-electron chi connectivity index (χ2n) is 4.42. The van der Waals surface area contributed by atoms with E-state index in [1.165, 1.54) is 36.9 Å². The van der Waals surface area contributed by atoms with E-state index in [0.29, 0.717) is 6.04 Å². The second kappa shape index (κ2) is 7.39. The van der Waals surface area contributed by atoms with Crippen LogP contribution in [0, 0.1) is 6.92 Å². The lowest BCUT2D eigenvalue weighted by molar-refractivity contribution is 0.440. The molecule has 0 amide bonds. The summed E-state index contributed by atoms with van der Waals surface area (Å²) in [5.74, 6) is 0. The van der Waals surface area contributed by atoms with E-state index in [4.69, 9.17) is 0 Å². The van der Waals surface area contributed by atoms with Crippen molar-refractivity contribution in [1.29, 1.82) is 0 Å². The SMILES string of the molecule is CCCC(CCC)NCc1ncccc1C. The van der Waals surface area contributed by atoms with Crippen LogP contribution in [0.4, 0.5) is 0 Å². The van der Waals surface area contributed by atoms with Crippen LogP contribution in [-0.4, -0.2) is 11.0 Å². The summed E-state index contributed by atoms with van der Waals surface area (Å²) < 4.78 is 0. The molecule has 0 aromatic carbocycles. The molecule has 0 fully saturated rings. The molecule has 1 rings (SSSR count). The van der Waals surface area contributed by atoms with Gasteiger partial charge in [0.05, 0.1) is 5.69 Å². The number of hydrogen-bond acceptors (Lipinski definition) is 2. The number of pyridine rings is 1. The molecule has 2 heteroatoms. The molecule has 90 valence electrons. The highest BCUT2D eigenvalue weighted by Crippen LogP contribution is 2.07. The summed E-state index contributed by atoms with van der Waals surface area (Å²) in [6.07, 6.45) is 6.90. The van der Waals surface area contributed by atoms with Gasteiger partial charge in [-0.1, -0.05) is 32.8 Å². The zero-order valence-electron chi connectivity index (χ0n) is 10.8. The Hall–Kier alpha value is -0.890. The Morgan fingerprint density at radius 3 is 2.50 bits per heavy atom. The van der Waals surface area contributed by atoms with Gasteiger partial charge in [-0.25, -0.2) is 0 Å². The predicted octanol–water partition coefficient (Wildman–Crippen LogP) is 3.45. The van der Waals surface area contributed by atoms with Gasteiger partial charge in [-0.2, -0.15) is 0 Å². The van der Waals surface area contributed by atoms with Gasteiger partial charge in [0.25, 0.3) is 0 Å². The summed E-state index contributed by atoms with van der Waals surface area (Å²) in [4.78, 5) is 4.41. The molecule has 16 heavy (non-hydrogen) atoms. The molecule has 1 aromatic rings. The van der Waals surface area contributed by atoms with Crippen LogP contribution in [-0.2, 0) is 6.54 Å². The van der Waals surface area contributed by atoms with Gasteiger partial charge in [-0.3, -0.25) is 4.98 Å². The number of hydrogen-bond donors (Lipinski definition) is 1. The first-order valence-electron chi connectivity index (χ1n) is 6.41. The largest absolute Gasteiger partial charge is 0.308 e. The third kappa shape index (κ3) is 4.31. The van der Waals surface area contributed by atoms with Crippen LogP contribution in [0.15, 0.2) is 18.3 Å². The highest BCUT2D eigenvalue weighted by Gasteiger charge is 2.06. The van der Waals surface area contributed by atoms with Crippen molar-refractivity contribution >= 4 is 0 Å². The normalized spacial score (nSPS) is 11.0. The molecule has 1 aromatic heterocycles. The quantitative estimate of drug-likeness (QED) is 0.761. The zero-order chi connectivity index (χ0) is 11.8. The Morgan fingerprint density at radius 2 is 1.94 bits per heavy atom. The molecular formula is C14H24N2. The molecule has 0 unspecified atom stereocenters. The highest BCUT2D eigenvalue weighted by atomic mass is 14.9. The van der Waals surface area contributed by atoms with Crippen LogP contribution in [0.25, 0.3) is 0 Å². The lowest BCUT2D eigenvalue weighted by atomic mass is 10.1. The molecule has 1 heterocycles. The maximum atomic E-state index is 4.41. The first-order valence-corrected chi connectivity index (χ1v) is 6.41. The van der Waals surface area contributed by atoms with Crippen molar-refractivity contribution in [2.75, 3.05) is 0 Å². The summed E-state index contributed by atoms with van der Waals surface area (Å²) in [6.45, 7) is 7.52. The lowest BCUT2D eigenvalue weighted by Crippen LogP contribution is -2.28. The molecule has 0 saturated carbocycles. The molecular weight excluding hydrogens is 196 g/mol. The van der Waals surface area contributed by atoms with Gasteiger partial charge in [0, 0.05) is 18.8 Å². The maximum Gasteiger partial charge on any atom is 0.0570 e. The van der Waals surface area contributed by atoms with Crippen LogP contribution < -0.4 is 5.32 Å². The van der Waals surface area contributed by atoms with E-state index in [1.807, 2.05) is 12.3 Å². The highest BCUT2D eigenvalue weighted by molar-refractivity contribution is 5.17. The summed E-state index contributed by atoms with van der Waals surface area (Å²) in [5, 5.41) is 3.62. The fourth-order valence-corrected chi connectivity index (χ4v) is 1.99. The van der Waals surface area contributed by atoms with E-state index in [2.05, 4.69) is 37.1 Å². The second-order valence-corrected chi connectivity index (χ2v) is 4.42. The molecule has 0 aliphatic rings. The average Bonchev–Trinajstić information content (AvgIpc) is 2.28. The number of aryl methyl sites for hydroxylation is 1. The smallest absolute Gasteiger partial charge is 0.0570 e. The number of rotatable bonds is 7. The molecule has 0 aliphatic heterocycles. The van der Waals surface area contributed by atoms with Crippen molar-refractivity contribution in [2.24, 2.45) is 0 Å². The first-order chi connectivity index (χ1) is 7.77. The van der Waals surface area contributed by atoms with E-state index >= 15 is 0 Å². The minimum absolute atomic E-state index is 0.649. The number of nitrogens with one attached hydrogen (secondary N) is 1. The van der Waals surface area contributed by atoms with E-state index in [9.17, 15) is 0 Å².